The molecule has 1 saturated carbocycles. The van der Waals surface area contributed by atoms with Gasteiger partial charge in [-0.25, -0.2) is 5.43 Å². The summed E-state index contributed by atoms with van der Waals surface area (Å²) in [6.07, 6.45) is 7.50. The molecule has 0 bridgehead atoms. The van der Waals surface area contributed by atoms with Crippen molar-refractivity contribution in [3.63, 3.8) is 0 Å². The van der Waals surface area contributed by atoms with E-state index in [0.717, 1.165) is 23.6 Å². The van der Waals surface area contributed by atoms with Crippen LogP contribution in [0.25, 0.3) is 0 Å². The summed E-state index contributed by atoms with van der Waals surface area (Å²) < 4.78 is 0. The van der Waals surface area contributed by atoms with E-state index in [1.54, 1.807) is 0 Å². The quantitative estimate of drug-likeness (QED) is 0.773. The molecular weight excluding hydrogens is 266 g/mol. The van der Waals surface area contributed by atoms with Crippen LogP contribution in [0, 0.1) is 13.8 Å². The molecule has 1 aliphatic carbocycles. The number of benzene rings is 1. The Bertz CT molecular complexity index is 518. The zero-order valence-corrected chi connectivity index (χ0v) is 13.1. The van der Waals surface area contributed by atoms with E-state index in [-0.39, 0.29) is 5.66 Å². The molecule has 0 atom stereocenters. The molecule has 2 N–H and O–H groups in total. The number of hydrogen-bond acceptors (Lipinski definition) is 2. The average molecular weight is 289 g/mol. The summed E-state index contributed by atoms with van der Waals surface area (Å²) in [5.41, 5.74) is 7.37. The summed E-state index contributed by atoms with van der Waals surface area (Å²) in [5, 5.41) is 6.39. The van der Waals surface area contributed by atoms with Crippen LogP contribution in [0.3, 0.4) is 0 Å². The monoisotopic (exact) mass is 289 g/mol. The van der Waals surface area contributed by atoms with Gasteiger partial charge in [0.15, 0.2) is 5.11 Å². The Hall–Kier alpha value is -1.13. The fourth-order valence-electron chi connectivity index (χ4n) is 3.17. The maximum absolute atomic E-state index is 5.55. The lowest BCUT2D eigenvalue weighted by Crippen LogP contribution is -2.50. The predicted molar refractivity (Wildman–Crippen MR) is 87.7 cm³/mol. The molecule has 0 unspecified atom stereocenters. The van der Waals surface area contributed by atoms with Crippen molar-refractivity contribution < 1.29 is 0 Å². The number of thiocarbonyl (C=S) groups is 1. The highest BCUT2D eigenvalue weighted by Crippen LogP contribution is 2.30. The molecule has 1 heterocycles. The molecule has 3 nitrogen and oxygen atoms in total. The molecule has 1 saturated heterocycles. The topological polar surface area (TPSA) is 27.3 Å². The fourth-order valence-corrected chi connectivity index (χ4v) is 3.52. The number of nitrogens with zero attached hydrogens (tertiary/aromatic N) is 1. The summed E-state index contributed by atoms with van der Waals surface area (Å²) in [5.74, 6) is 0. The molecule has 0 amide bonds. The minimum Gasteiger partial charge on any atom is -0.342 e. The van der Waals surface area contributed by atoms with E-state index in [9.17, 15) is 0 Å². The van der Waals surface area contributed by atoms with Crippen LogP contribution in [0.4, 0.5) is 5.69 Å². The summed E-state index contributed by atoms with van der Waals surface area (Å²) in [6, 6.07) is 6.50. The van der Waals surface area contributed by atoms with Crippen LogP contribution in [-0.4, -0.2) is 10.8 Å². The lowest BCUT2D eigenvalue weighted by atomic mass is 10.0. The summed E-state index contributed by atoms with van der Waals surface area (Å²) in [4.78, 5) is 0. The standard InChI is InChI=1S/C16H23N3S/c1-12-7-8-14(11-13(12)2)19-15(20)17-16(18-19)9-5-3-4-6-10-16/h7-8,11,18H,3-6,9-10H2,1-2H3,(H,17,20). The van der Waals surface area contributed by atoms with Crippen LogP contribution >= 0.6 is 12.2 Å². The Balaban J connectivity index is 1.84. The molecule has 1 aromatic rings. The molecule has 0 aromatic heterocycles. The second kappa shape index (κ2) is 5.34. The van der Waals surface area contributed by atoms with E-state index < -0.39 is 0 Å². The van der Waals surface area contributed by atoms with Crippen molar-refractivity contribution in [2.75, 3.05) is 5.01 Å². The van der Waals surface area contributed by atoms with Crippen molar-refractivity contribution in [1.29, 1.82) is 0 Å². The van der Waals surface area contributed by atoms with Crippen molar-refractivity contribution in [2.24, 2.45) is 0 Å². The third-order valence-corrected chi connectivity index (χ3v) is 4.87. The van der Waals surface area contributed by atoms with E-state index in [0.29, 0.717) is 0 Å². The number of nitrogens with one attached hydrogen (secondary N) is 2. The first-order chi connectivity index (χ1) is 9.60. The van der Waals surface area contributed by atoms with E-state index in [1.165, 1.54) is 36.8 Å². The van der Waals surface area contributed by atoms with Crippen LogP contribution < -0.4 is 15.8 Å². The number of anilines is 1. The van der Waals surface area contributed by atoms with E-state index in [4.69, 9.17) is 12.2 Å². The average Bonchev–Trinajstić information content (AvgIpc) is 2.59. The highest BCUT2D eigenvalue weighted by Gasteiger charge is 2.40. The van der Waals surface area contributed by atoms with Crippen molar-refractivity contribution in [2.45, 2.75) is 58.0 Å². The smallest absolute Gasteiger partial charge is 0.189 e. The van der Waals surface area contributed by atoms with Crippen LogP contribution in [-0.2, 0) is 0 Å². The van der Waals surface area contributed by atoms with Gasteiger partial charge in [-0.05, 0) is 75.0 Å². The summed E-state index contributed by atoms with van der Waals surface area (Å²) >= 11 is 5.55. The van der Waals surface area contributed by atoms with E-state index in [2.05, 4.69) is 42.8 Å². The molecule has 1 aromatic carbocycles. The maximum atomic E-state index is 5.55. The fraction of sp³-hybridized carbons (Fsp3) is 0.562. The van der Waals surface area contributed by atoms with Gasteiger partial charge in [0.1, 0.15) is 5.66 Å². The van der Waals surface area contributed by atoms with Gasteiger partial charge in [-0.3, -0.25) is 5.01 Å². The van der Waals surface area contributed by atoms with E-state index >= 15 is 0 Å². The normalized spacial score (nSPS) is 21.9. The maximum Gasteiger partial charge on any atom is 0.189 e. The highest BCUT2D eigenvalue weighted by molar-refractivity contribution is 7.80. The predicted octanol–water partition coefficient (Wildman–Crippen LogP) is 3.55. The number of aryl methyl sites for hydroxylation is 2. The van der Waals surface area contributed by atoms with Gasteiger partial charge in [0.25, 0.3) is 0 Å². The van der Waals surface area contributed by atoms with Gasteiger partial charge in [-0.15, -0.1) is 0 Å². The van der Waals surface area contributed by atoms with Gasteiger partial charge in [-0.2, -0.15) is 0 Å². The molecule has 1 aliphatic heterocycles. The third-order valence-electron chi connectivity index (χ3n) is 4.58. The van der Waals surface area contributed by atoms with Gasteiger partial charge in [-0.1, -0.05) is 18.9 Å². The summed E-state index contributed by atoms with van der Waals surface area (Å²) in [6.45, 7) is 4.28. The van der Waals surface area contributed by atoms with Gasteiger partial charge in [0, 0.05) is 0 Å². The molecule has 2 fully saturated rings. The Labute approximate surface area is 126 Å². The van der Waals surface area contributed by atoms with Gasteiger partial charge < -0.3 is 5.32 Å². The Kier molecular flexibility index (Phi) is 3.69. The van der Waals surface area contributed by atoms with Crippen molar-refractivity contribution in [3.8, 4) is 0 Å². The van der Waals surface area contributed by atoms with Crippen LogP contribution in [0.5, 0.6) is 0 Å². The van der Waals surface area contributed by atoms with Crippen molar-refractivity contribution in [3.05, 3.63) is 29.3 Å². The molecule has 3 rings (SSSR count). The zero-order valence-electron chi connectivity index (χ0n) is 12.3. The zero-order chi connectivity index (χ0) is 14.2. The molecule has 2 aliphatic rings. The second-order valence-electron chi connectivity index (χ2n) is 6.14. The molecule has 4 heteroatoms. The first-order valence-corrected chi connectivity index (χ1v) is 7.98. The number of rotatable bonds is 1. The van der Waals surface area contributed by atoms with Crippen molar-refractivity contribution in [1.82, 2.24) is 10.7 Å². The lowest BCUT2D eigenvalue weighted by Gasteiger charge is -2.28. The Morgan fingerprint density at radius 2 is 1.75 bits per heavy atom. The lowest BCUT2D eigenvalue weighted by molar-refractivity contribution is 0.296. The largest absolute Gasteiger partial charge is 0.342 e. The molecule has 108 valence electrons. The molecule has 20 heavy (non-hydrogen) atoms. The van der Waals surface area contributed by atoms with Crippen LogP contribution in [0.1, 0.15) is 49.7 Å². The van der Waals surface area contributed by atoms with Crippen LogP contribution in [0.15, 0.2) is 18.2 Å². The first-order valence-electron chi connectivity index (χ1n) is 7.57. The third kappa shape index (κ3) is 2.54. The molecule has 0 radical (unpaired) electrons. The van der Waals surface area contributed by atoms with Crippen LogP contribution in [0.2, 0.25) is 0 Å². The van der Waals surface area contributed by atoms with Gasteiger partial charge in [0.05, 0.1) is 5.69 Å². The van der Waals surface area contributed by atoms with Gasteiger partial charge in [0.2, 0.25) is 0 Å². The first kappa shape index (κ1) is 13.8. The highest BCUT2D eigenvalue weighted by atomic mass is 32.1. The SMILES string of the molecule is Cc1ccc(N2NC3(CCCCCC3)NC2=S)cc1C. The Morgan fingerprint density at radius 3 is 2.40 bits per heavy atom. The second-order valence-corrected chi connectivity index (χ2v) is 6.53. The Morgan fingerprint density at radius 1 is 1.05 bits per heavy atom. The van der Waals surface area contributed by atoms with Crippen molar-refractivity contribution >= 4 is 23.0 Å². The minimum absolute atomic E-state index is 0.0215. The minimum atomic E-state index is -0.0215. The number of hydrogen-bond donors (Lipinski definition) is 2. The molecular formula is C16H23N3S. The molecule has 1 spiro atoms. The van der Waals surface area contributed by atoms with Gasteiger partial charge >= 0.3 is 0 Å². The van der Waals surface area contributed by atoms with E-state index in [1.807, 2.05) is 5.01 Å². The number of hydrazine groups is 1. The summed E-state index contributed by atoms with van der Waals surface area (Å²) in [7, 11) is 0.